The molecule has 4 nitrogen and oxygen atoms in total. The summed E-state index contributed by atoms with van der Waals surface area (Å²) in [5.41, 5.74) is 0.857. The van der Waals surface area contributed by atoms with E-state index in [0.29, 0.717) is 28.0 Å². The molecule has 1 aliphatic rings. The van der Waals surface area contributed by atoms with Gasteiger partial charge in [-0.15, -0.1) is 0 Å². The summed E-state index contributed by atoms with van der Waals surface area (Å²) in [7, 11) is 0. The Labute approximate surface area is 146 Å². The van der Waals surface area contributed by atoms with Crippen LogP contribution in [0.5, 0.6) is 0 Å². The molecule has 1 atom stereocenters. The van der Waals surface area contributed by atoms with E-state index in [0.717, 1.165) is 4.90 Å². The molecule has 1 heterocycles. The number of hydrogen-bond donors (Lipinski definition) is 1. The van der Waals surface area contributed by atoms with Crippen LogP contribution in [0.4, 0.5) is 24.5 Å². The highest BCUT2D eigenvalue weighted by Crippen LogP contribution is 2.29. The molecule has 1 fully saturated rings. The van der Waals surface area contributed by atoms with Gasteiger partial charge in [0.2, 0.25) is 5.91 Å². The highest BCUT2D eigenvalue weighted by atomic mass is 32.2. The first-order valence-corrected chi connectivity index (χ1v) is 8.26. The number of hydrogen-bond acceptors (Lipinski definition) is 4. The molecule has 8 heteroatoms. The predicted octanol–water partition coefficient (Wildman–Crippen LogP) is 3.88. The van der Waals surface area contributed by atoms with Crippen LogP contribution in [0.3, 0.4) is 0 Å². The Bertz CT molecular complexity index is 781. The summed E-state index contributed by atoms with van der Waals surface area (Å²) in [6.07, 6.45) is -0.0380. The Kier molecular flexibility index (Phi) is 4.98. The van der Waals surface area contributed by atoms with Crippen LogP contribution in [0.15, 0.2) is 53.4 Å². The number of thioether (sulfide) groups is 1. The van der Waals surface area contributed by atoms with Crippen LogP contribution >= 0.6 is 11.8 Å². The van der Waals surface area contributed by atoms with Gasteiger partial charge in [-0.2, -0.15) is 8.78 Å². The normalized spacial score (nSPS) is 17.4. The van der Waals surface area contributed by atoms with Crippen molar-refractivity contribution < 1.29 is 22.8 Å². The zero-order valence-electron chi connectivity index (χ0n) is 12.8. The molecule has 0 spiro atoms. The fourth-order valence-electron chi connectivity index (χ4n) is 2.54. The van der Waals surface area contributed by atoms with Crippen molar-refractivity contribution in [2.24, 2.45) is 0 Å². The van der Waals surface area contributed by atoms with Gasteiger partial charge in [-0.3, -0.25) is 9.59 Å². The number of alkyl halides is 2. The van der Waals surface area contributed by atoms with Crippen molar-refractivity contribution in [3.05, 3.63) is 54.3 Å². The second-order valence-corrected chi connectivity index (χ2v) is 6.41. The van der Waals surface area contributed by atoms with Gasteiger partial charge in [0.15, 0.2) is 0 Å². The molecule has 0 aliphatic carbocycles. The summed E-state index contributed by atoms with van der Waals surface area (Å²) < 4.78 is 37.6. The molecule has 1 aliphatic heterocycles. The first kappa shape index (κ1) is 17.3. The van der Waals surface area contributed by atoms with Gasteiger partial charge in [-0.25, -0.2) is 9.29 Å². The summed E-state index contributed by atoms with van der Waals surface area (Å²) >= 11 is 0.390. The van der Waals surface area contributed by atoms with Crippen LogP contribution < -0.4 is 10.2 Å². The molecule has 3 rings (SSSR count). The van der Waals surface area contributed by atoms with E-state index in [1.54, 1.807) is 0 Å². The SMILES string of the molecule is O=C1C[C@@H](Nc2ccc(F)cc2)C(=O)N1c1ccc(SC(F)F)cc1. The fourth-order valence-corrected chi connectivity index (χ4v) is 3.04. The Balaban J connectivity index is 1.73. The predicted molar refractivity (Wildman–Crippen MR) is 89.2 cm³/mol. The molecule has 0 radical (unpaired) electrons. The van der Waals surface area contributed by atoms with Crippen molar-refractivity contribution in [1.29, 1.82) is 0 Å². The van der Waals surface area contributed by atoms with Crippen molar-refractivity contribution in [3.63, 3.8) is 0 Å². The van der Waals surface area contributed by atoms with E-state index in [9.17, 15) is 22.8 Å². The Hall–Kier alpha value is -2.48. The van der Waals surface area contributed by atoms with Crippen LogP contribution in [0.2, 0.25) is 0 Å². The third kappa shape index (κ3) is 3.96. The zero-order valence-corrected chi connectivity index (χ0v) is 13.6. The van der Waals surface area contributed by atoms with Crippen LogP contribution in [0.1, 0.15) is 6.42 Å². The number of carbonyl (C=O) groups excluding carboxylic acids is 2. The second-order valence-electron chi connectivity index (χ2n) is 5.35. The topological polar surface area (TPSA) is 49.4 Å². The van der Waals surface area contributed by atoms with Crippen molar-refractivity contribution in [1.82, 2.24) is 0 Å². The third-order valence-electron chi connectivity index (χ3n) is 3.65. The number of imide groups is 1. The molecule has 2 aromatic carbocycles. The molecule has 0 bridgehead atoms. The minimum absolute atomic E-state index is 0.0380. The first-order valence-electron chi connectivity index (χ1n) is 7.38. The van der Waals surface area contributed by atoms with Gasteiger partial charge < -0.3 is 5.32 Å². The molecule has 0 saturated carbocycles. The van der Waals surface area contributed by atoms with E-state index in [-0.39, 0.29) is 12.3 Å². The quantitative estimate of drug-likeness (QED) is 0.644. The molecule has 1 N–H and O–H groups in total. The number of rotatable bonds is 5. The van der Waals surface area contributed by atoms with Crippen LogP contribution in [-0.4, -0.2) is 23.6 Å². The maximum absolute atomic E-state index is 12.9. The highest BCUT2D eigenvalue weighted by molar-refractivity contribution is 7.99. The van der Waals surface area contributed by atoms with E-state index in [1.807, 2.05) is 0 Å². The second kappa shape index (κ2) is 7.18. The van der Waals surface area contributed by atoms with Gasteiger partial charge in [0.05, 0.1) is 12.1 Å². The fraction of sp³-hybridized carbons (Fsp3) is 0.176. The van der Waals surface area contributed by atoms with Crippen molar-refractivity contribution in [3.8, 4) is 0 Å². The summed E-state index contributed by atoms with van der Waals surface area (Å²) in [6, 6.07) is 10.5. The molecule has 130 valence electrons. The summed E-state index contributed by atoms with van der Waals surface area (Å²) in [5, 5.41) is 2.90. The minimum Gasteiger partial charge on any atom is -0.373 e. The summed E-state index contributed by atoms with van der Waals surface area (Å²) in [6.45, 7) is 0. The zero-order chi connectivity index (χ0) is 18.0. The van der Waals surface area contributed by atoms with Crippen molar-refractivity contribution in [2.45, 2.75) is 23.1 Å². The molecule has 25 heavy (non-hydrogen) atoms. The largest absolute Gasteiger partial charge is 0.373 e. The maximum atomic E-state index is 12.9. The standard InChI is InChI=1S/C17H13F3N2O2S/c18-10-1-3-11(4-2-10)21-14-9-15(23)22(16(14)24)12-5-7-13(8-6-12)25-17(19)20/h1-8,14,17,21H,9H2/t14-/m1/s1. The van der Waals surface area contributed by atoms with E-state index in [1.165, 1.54) is 48.5 Å². The molecule has 1 saturated heterocycles. The smallest absolute Gasteiger partial charge is 0.288 e. The molecule has 2 aromatic rings. The van der Waals surface area contributed by atoms with Crippen LogP contribution in [0, 0.1) is 5.82 Å². The van der Waals surface area contributed by atoms with Gasteiger partial charge in [0.25, 0.3) is 11.7 Å². The average molecular weight is 366 g/mol. The van der Waals surface area contributed by atoms with Crippen LogP contribution in [-0.2, 0) is 9.59 Å². The number of nitrogens with one attached hydrogen (secondary N) is 1. The van der Waals surface area contributed by atoms with Gasteiger partial charge in [0.1, 0.15) is 11.9 Å². The van der Waals surface area contributed by atoms with Gasteiger partial charge in [0, 0.05) is 10.6 Å². The minimum atomic E-state index is -2.54. The number of nitrogens with zero attached hydrogens (tertiary/aromatic N) is 1. The summed E-state index contributed by atoms with van der Waals surface area (Å²) in [4.78, 5) is 26.0. The number of carbonyl (C=O) groups is 2. The van der Waals surface area contributed by atoms with Gasteiger partial charge in [-0.1, -0.05) is 11.8 Å². The first-order chi connectivity index (χ1) is 11.9. The average Bonchev–Trinajstić information content (AvgIpc) is 2.84. The lowest BCUT2D eigenvalue weighted by molar-refractivity contribution is -0.121. The third-order valence-corrected chi connectivity index (χ3v) is 4.37. The Morgan fingerprint density at radius 2 is 1.68 bits per heavy atom. The molecule has 0 unspecified atom stereocenters. The lowest BCUT2D eigenvalue weighted by Gasteiger charge is -2.16. The highest BCUT2D eigenvalue weighted by Gasteiger charge is 2.39. The molecular weight excluding hydrogens is 353 g/mol. The number of halogens is 3. The van der Waals surface area contributed by atoms with E-state index in [2.05, 4.69) is 5.32 Å². The lowest BCUT2D eigenvalue weighted by Crippen LogP contribution is -2.34. The molecule has 0 aromatic heterocycles. The van der Waals surface area contributed by atoms with Crippen LogP contribution in [0.25, 0.3) is 0 Å². The molecule has 2 amide bonds. The Morgan fingerprint density at radius 3 is 2.28 bits per heavy atom. The van der Waals surface area contributed by atoms with Gasteiger partial charge in [-0.05, 0) is 48.5 Å². The van der Waals surface area contributed by atoms with Gasteiger partial charge >= 0.3 is 0 Å². The van der Waals surface area contributed by atoms with Crippen molar-refractivity contribution >= 4 is 35.0 Å². The monoisotopic (exact) mass is 366 g/mol. The number of amides is 2. The van der Waals surface area contributed by atoms with Crippen molar-refractivity contribution in [2.75, 3.05) is 10.2 Å². The maximum Gasteiger partial charge on any atom is 0.288 e. The Morgan fingerprint density at radius 1 is 1.04 bits per heavy atom. The van der Waals surface area contributed by atoms with E-state index in [4.69, 9.17) is 0 Å². The number of benzene rings is 2. The lowest BCUT2D eigenvalue weighted by atomic mass is 10.2. The number of anilines is 2. The van der Waals surface area contributed by atoms with E-state index < -0.39 is 23.5 Å². The molecular formula is C17H13F3N2O2S. The van der Waals surface area contributed by atoms with E-state index >= 15 is 0 Å². The summed E-state index contributed by atoms with van der Waals surface area (Å²) in [5.74, 6) is -3.77.